The van der Waals surface area contributed by atoms with Crippen molar-refractivity contribution in [2.24, 2.45) is 7.05 Å². The molecule has 0 bridgehead atoms. The number of carbonyl (C=O) groups is 1. The first-order chi connectivity index (χ1) is 12.6. The molecule has 2 aromatic heterocycles. The van der Waals surface area contributed by atoms with E-state index in [1.807, 2.05) is 30.7 Å². The van der Waals surface area contributed by atoms with E-state index >= 15 is 0 Å². The Kier molecular flexibility index (Phi) is 5.64. The lowest BCUT2D eigenvalue weighted by molar-refractivity contribution is 0.0365. The number of amides is 1. The summed E-state index contributed by atoms with van der Waals surface area (Å²) in [5.41, 5.74) is 7.28. The highest BCUT2D eigenvalue weighted by molar-refractivity contribution is 7.98. The van der Waals surface area contributed by atoms with Gasteiger partial charge in [0.2, 0.25) is 0 Å². The minimum atomic E-state index is -0.237. The number of hydrogen-bond donors (Lipinski definition) is 1. The first-order valence-electron chi connectivity index (χ1n) is 8.54. The Hall–Kier alpha value is -2.31. The fourth-order valence-electron chi connectivity index (χ4n) is 3.13. The average Bonchev–Trinajstić information content (AvgIpc) is 2.93. The number of fused-ring (bicyclic) bond motifs is 1. The predicted molar refractivity (Wildman–Crippen MR) is 106 cm³/mol. The number of aromatic nitrogens is 2. The Morgan fingerprint density at radius 3 is 2.85 bits per heavy atom. The number of nitrogens with zero attached hydrogens (tertiary/aromatic N) is 2. The number of benzene rings is 1. The highest BCUT2D eigenvalue weighted by Crippen LogP contribution is 2.28. The average molecular weight is 369 g/mol. The van der Waals surface area contributed by atoms with Crippen LogP contribution in [0.1, 0.15) is 34.1 Å². The third-order valence-corrected chi connectivity index (χ3v) is 5.24. The highest BCUT2D eigenvalue weighted by Gasteiger charge is 2.22. The zero-order valence-corrected chi connectivity index (χ0v) is 16.3. The maximum absolute atomic E-state index is 12.7. The molecule has 2 heterocycles. The number of hydrogen-bond acceptors (Lipinski definition) is 4. The van der Waals surface area contributed by atoms with Gasteiger partial charge in [0.05, 0.1) is 12.2 Å². The van der Waals surface area contributed by atoms with Gasteiger partial charge in [-0.15, -0.1) is 11.8 Å². The van der Waals surface area contributed by atoms with Crippen LogP contribution in [-0.4, -0.2) is 28.3 Å². The van der Waals surface area contributed by atoms with Crippen molar-refractivity contribution in [3.05, 3.63) is 58.9 Å². The van der Waals surface area contributed by atoms with Crippen molar-refractivity contribution in [2.45, 2.75) is 25.2 Å². The number of carbonyl (C=O) groups excluding carboxylic acids is 1. The van der Waals surface area contributed by atoms with E-state index < -0.39 is 0 Å². The van der Waals surface area contributed by atoms with Crippen LogP contribution in [0.2, 0.25) is 0 Å². The molecule has 5 nitrogen and oxygen atoms in total. The van der Waals surface area contributed by atoms with Crippen molar-refractivity contribution in [2.75, 3.05) is 12.9 Å². The molecule has 0 spiro atoms. The zero-order valence-electron chi connectivity index (χ0n) is 15.5. The molecule has 0 saturated heterocycles. The van der Waals surface area contributed by atoms with Gasteiger partial charge in [-0.2, -0.15) is 0 Å². The third-order valence-electron chi connectivity index (χ3n) is 4.51. The fourth-order valence-corrected chi connectivity index (χ4v) is 3.63. The van der Waals surface area contributed by atoms with Gasteiger partial charge in [-0.25, -0.2) is 10.5 Å². The minimum Gasteiger partial charge on any atom is -0.332 e. The monoisotopic (exact) mass is 369 g/mol. The van der Waals surface area contributed by atoms with Crippen molar-refractivity contribution in [3.8, 4) is 0 Å². The first-order valence-corrected chi connectivity index (χ1v) is 9.77. The van der Waals surface area contributed by atoms with E-state index in [9.17, 15) is 4.79 Å². The van der Waals surface area contributed by atoms with Gasteiger partial charge in [0.15, 0.2) is 0 Å². The maximum atomic E-state index is 12.7. The first kappa shape index (κ1) is 18.5. The Morgan fingerprint density at radius 2 is 2.15 bits per heavy atom. The van der Waals surface area contributed by atoms with Crippen molar-refractivity contribution >= 4 is 28.7 Å². The molecule has 1 amide bonds. The van der Waals surface area contributed by atoms with Crippen LogP contribution in [0.5, 0.6) is 0 Å². The van der Waals surface area contributed by atoms with E-state index in [1.54, 1.807) is 18.0 Å². The minimum absolute atomic E-state index is 0.237. The molecule has 3 rings (SSSR count). The highest BCUT2D eigenvalue weighted by atomic mass is 32.2. The van der Waals surface area contributed by atoms with Gasteiger partial charge in [0, 0.05) is 35.6 Å². The molecule has 0 aliphatic carbocycles. The number of thioether (sulfide) groups is 1. The van der Waals surface area contributed by atoms with E-state index in [4.69, 9.17) is 4.84 Å². The topological polar surface area (TPSA) is 56.1 Å². The molecule has 0 saturated carbocycles. The Bertz CT molecular complexity index is 950. The summed E-state index contributed by atoms with van der Waals surface area (Å²) in [6.45, 7) is 4.36. The Morgan fingerprint density at radius 1 is 1.35 bits per heavy atom. The molecule has 26 heavy (non-hydrogen) atoms. The van der Waals surface area contributed by atoms with Crippen molar-refractivity contribution in [1.29, 1.82) is 0 Å². The van der Waals surface area contributed by atoms with Gasteiger partial charge in [-0.3, -0.25) is 9.63 Å². The Balaban J connectivity index is 2.09. The third kappa shape index (κ3) is 3.48. The second-order valence-electron chi connectivity index (χ2n) is 6.09. The van der Waals surface area contributed by atoms with Crippen LogP contribution in [0, 0.1) is 6.92 Å². The van der Waals surface area contributed by atoms with Gasteiger partial charge in [0.1, 0.15) is 5.65 Å². The van der Waals surface area contributed by atoms with Gasteiger partial charge in [-0.1, -0.05) is 6.07 Å². The predicted octanol–water partition coefficient (Wildman–Crippen LogP) is 3.88. The number of nitrogens with one attached hydrogen (secondary N) is 1. The second-order valence-corrected chi connectivity index (χ2v) is 6.97. The van der Waals surface area contributed by atoms with E-state index in [0.29, 0.717) is 18.6 Å². The molecular formula is C20H23N3O2S. The molecule has 136 valence electrons. The normalized spacial score (nSPS) is 11.1. The van der Waals surface area contributed by atoms with Crippen molar-refractivity contribution in [3.63, 3.8) is 0 Å². The summed E-state index contributed by atoms with van der Waals surface area (Å²) in [6.07, 6.45) is 4.47. The number of aryl methyl sites for hydroxylation is 2. The molecule has 0 fully saturated rings. The molecule has 0 aliphatic rings. The van der Waals surface area contributed by atoms with Crippen LogP contribution in [0.4, 0.5) is 0 Å². The second kappa shape index (κ2) is 7.93. The summed E-state index contributed by atoms with van der Waals surface area (Å²) in [5.74, 6) is -0.237. The molecule has 0 unspecified atom stereocenters. The lowest BCUT2D eigenvalue weighted by atomic mass is 10.0. The van der Waals surface area contributed by atoms with Crippen LogP contribution in [-0.2, 0) is 18.3 Å². The largest absolute Gasteiger partial charge is 0.332 e. The zero-order chi connectivity index (χ0) is 18.7. The van der Waals surface area contributed by atoms with Gasteiger partial charge < -0.3 is 4.57 Å². The molecule has 0 atom stereocenters. The van der Waals surface area contributed by atoms with Gasteiger partial charge >= 0.3 is 0 Å². The van der Waals surface area contributed by atoms with Crippen LogP contribution < -0.4 is 5.48 Å². The maximum Gasteiger partial charge on any atom is 0.277 e. The van der Waals surface area contributed by atoms with Gasteiger partial charge in [-0.05, 0) is 55.5 Å². The summed E-state index contributed by atoms with van der Waals surface area (Å²) in [7, 11) is 1.95. The van der Waals surface area contributed by atoms with Crippen LogP contribution in [0.3, 0.4) is 0 Å². The summed E-state index contributed by atoms with van der Waals surface area (Å²) in [5, 5.41) is 0.834. The van der Waals surface area contributed by atoms with Crippen LogP contribution in [0.15, 0.2) is 41.4 Å². The van der Waals surface area contributed by atoms with E-state index in [2.05, 4.69) is 41.8 Å². The van der Waals surface area contributed by atoms with Crippen molar-refractivity contribution in [1.82, 2.24) is 15.0 Å². The van der Waals surface area contributed by atoms with Crippen molar-refractivity contribution < 1.29 is 9.63 Å². The lowest BCUT2D eigenvalue weighted by Crippen LogP contribution is -2.24. The fraction of sp³-hybridized carbons (Fsp3) is 0.300. The van der Waals surface area contributed by atoms with Crippen LogP contribution >= 0.6 is 11.8 Å². The SMILES string of the molecule is CCONC(=O)c1c(Cc2ccc(SC)cc2C)n(C)c2ncccc12. The molecule has 0 radical (unpaired) electrons. The molecule has 1 aromatic carbocycles. The molecule has 3 aromatic rings. The Labute approximate surface area is 157 Å². The summed E-state index contributed by atoms with van der Waals surface area (Å²) in [4.78, 5) is 23.6. The molecular weight excluding hydrogens is 346 g/mol. The molecule has 0 aliphatic heterocycles. The van der Waals surface area contributed by atoms with Crippen LogP contribution in [0.25, 0.3) is 11.0 Å². The number of rotatable bonds is 6. The molecule has 6 heteroatoms. The standard InChI is InChI=1S/C20H23N3O2S/c1-5-25-22-20(24)18-16-7-6-10-21-19(16)23(3)17(18)12-14-8-9-15(26-4)11-13(14)2/h6-11H,5,12H2,1-4H3,(H,22,24). The number of hydroxylamine groups is 1. The summed E-state index contributed by atoms with van der Waals surface area (Å²) < 4.78 is 2.00. The van der Waals surface area contributed by atoms with E-state index in [0.717, 1.165) is 16.7 Å². The smallest absolute Gasteiger partial charge is 0.277 e. The summed E-state index contributed by atoms with van der Waals surface area (Å²) >= 11 is 1.73. The van der Waals surface area contributed by atoms with Gasteiger partial charge in [0.25, 0.3) is 5.91 Å². The molecule has 1 N–H and O–H groups in total. The van der Waals surface area contributed by atoms with E-state index in [1.165, 1.54) is 16.0 Å². The number of pyridine rings is 1. The quantitative estimate of drug-likeness (QED) is 0.529. The lowest BCUT2D eigenvalue weighted by Gasteiger charge is -2.11. The van der Waals surface area contributed by atoms with E-state index in [-0.39, 0.29) is 5.91 Å². The summed E-state index contributed by atoms with van der Waals surface area (Å²) in [6, 6.07) is 10.2.